The first kappa shape index (κ1) is 21.8. The average molecular weight is 415 g/mol. The smallest absolute Gasteiger partial charge is 0.257 e. The zero-order valence-electron chi connectivity index (χ0n) is 17.6. The van der Waals surface area contributed by atoms with Crippen molar-refractivity contribution in [2.75, 3.05) is 0 Å². The number of rotatable bonds is 7. The van der Waals surface area contributed by atoms with E-state index in [0.717, 1.165) is 11.1 Å². The first-order chi connectivity index (χ1) is 14.9. The van der Waals surface area contributed by atoms with E-state index in [2.05, 4.69) is 10.6 Å². The summed E-state index contributed by atoms with van der Waals surface area (Å²) in [4.78, 5) is 26.1. The number of carbonyl (C=O) groups excluding carboxylic acids is 2. The molecule has 5 heteroatoms. The molecule has 0 aliphatic rings. The fourth-order valence-electron chi connectivity index (χ4n) is 3.21. The molecule has 2 atom stereocenters. The summed E-state index contributed by atoms with van der Waals surface area (Å²) in [7, 11) is 0. The number of nitrogens with one attached hydrogen (secondary N) is 2. The van der Waals surface area contributed by atoms with Crippen molar-refractivity contribution in [1.82, 2.24) is 10.6 Å². The van der Waals surface area contributed by atoms with Crippen molar-refractivity contribution >= 4 is 17.9 Å². The second-order valence-corrected chi connectivity index (χ2v) is 7.36. The molecule has 0 spiro atoms. The van der Waals surface area contributed by atoms with Crippen molar-refractivity contribution < 1.29 is 14.7 Å². The maximum absolute atomic E-state index is 13.1. The molecule has 3 aromatic rings. The van der Waals surface area contributed by atoms with Crippen LogP contribution in [0.15, 0.2) is 90.5 Å². The Morgan fingerprint density at radius 3 is 1.68 bits per heavy atom. The molecule has 0 heterocycles. The van der Waals surface area contributed by atoms with E-state index >= 15 is 0 Å². The lowest BCUT2D eigenvalue weighted by molar-refractivity contribution is -0.124. The van der Waals surface area contributed by atoms with Crippen LogP contribution >= 0.6 is 0 Å². The van der Waals surface area contributed by atoms with Crippen molar-refractivity contribution in [1.29, 1.82) is 0 Å². The van der Waals surface area contributed by atoms with Gasteiger partial charge in [0, 0.05) is 0 Å². The van der Waals surface area contributed by atoms with Crippen LogP contribution in [0.4, 0.5) is 0 Å². The lowest BCUT2D eigenvalue weighted by Crippen LogP contribution is -2.36. The van der Waals surface area contributed by atoms with Gasteiger partial charge in [0.1, 0.15) is 11.3 Å². The topological polar surface area (TPSA) is 78.4 Å². The minimum Gasteiger partial charge on any atom is -0.508 e. The Kier molecular flexibility index (Phi) is 7.22. The molecule has 0 aromatic heterocycles. The fraction of sp³-hybridized carbons (Fsp3) is 0.154. The minimum absolute atomic E-state index is 0.0313. The van der Waals surface area contributed by atoms with Crippen LogP contribution in [0.5, 0.6) is 5.75 Å². The van der Waals surface area contributed by atoms with Crippen LogP contribution < -0.4 is 10.6 Å². The number of benzene rings is 3. The first-order valence-corrected chi connectivity index (χ1v) is 10.2. The number of amides is 2. The molecule has 5 nitrogen and oxygen atoms in total. The van der Waals surface area contributed by atoms with Crippen molar-refractivity contribution in [2.24, 2.45) is 0 Å². The fourth-order valence-corrected chi connectivity index (χ4v) is 3.21. The predicted molar refractivity (Wildman–Crippen MR) is 122 cm³/mol. The van der Waals surface area contributed by atoms with E-state index in [1.54, 1.807) is 12.1 Å². The highest BCUT2D eigenvalue weighted by Gasteiger charge is 2.22. The predicted octanol–water partition coefficient (Wildman–Crippen LogP) is 4.53. The summed E-state index contributed by atoms with van der Waals surface area (Å²) in [6.07, 6.45) is 1.49. The summed E-state index contributed by atoms with van der Waals surface area (Å²) in [5.74, 6) is -0.917. The maximum Gasteiger partial charge on any atom is 0.257 e. The van der Waals surface area contributed by atoms with E-state index < -0.39 is 11.8 Å². The van der Waals surface area contributed by atoms with Crippen LogP contribution in [0, 0.1) is 0 Å². The van der Waals surface area contributed by atoms with Gasteiger partial charge in [-0.25, -0.2) is 0 Å². The Balaban J connectivity index is 1.85. The third kappa shape index (κ3) is 6.06. The van der Waals surface area contributed by atoms with Gasteiger partial charge in [0.2, 0.25) is 0 Å². The Labute approximate surface area is 182 Å². The molecule has 0 aliphatic carbocycles. The number of phenols is 1. The summed E-state index contributed by atoms with van der Waals surface area (Å²) in [5, 5.41) is 15.5. The molecule has 31 heavy (non-hydrogen) atoms. The number of carbonyl (C=O) groups is 2. The lowest BCUT2D eigenvalue weighted by atomic mass is 10.0. The third-order valence-corrected chi connectivity index (χ3v) is 4.96. The highest BCUT2D eigenvalue weighted by molar-refractivity contribution is 6.21. The first-order valence-electron chi connectivity index (χ1n) is 10.2. The van der Waals surface area contributed by atoms with Crippen molar-refractivity contribution in [2.45, 2.75) is 25.9 Å². The second kappa shape index (κ2) is 10.3. The maximum atomic E-state index is 13.1. The Hall–Kier alpha value is -3.86. The monoisotopic (exact) mass is 414 g/mol. The van der Waals surface area contributed by atoms with Gasteiger partial charge in [-0.15, -0.1) is 0 Å². The van der Waals surface area contributed by atoms with Crippen molar-refractivity contribution in [3.8, 4) is 5.75 Å². The second-order valence-electron chi connectivity index (χ2n) is 7.36. The zero-order chi connectivity index (χ0) is 22.2. The highest BCUT2D eigenvalue weighted by Crippen LogP contribution is 2.18. The molecule has 0 saturated heterocycles. The summed E-state index contributed by atoms with van der Waals surface area (Å²) < 4.78 is 0. The largest absolute Gasteiger partial charge is 0.508 e. The molecule has 0 fully saturated rings. The van der Waals surface area contributed by atoms with E-state index in [-0.39, 0.29) is 23.4 Å². The molecular formula is C26H26N2O3. The Morgan fingerprint density at radius 1 is 0.742 bits per heavy atom. The Bertz CT molecular complexity index is 1000. The normalized spacial score (nSPS) is 12.3. The third-order valence-electron chi connectivity index (χ3n) is 4.96. The van der Waals surface area contributed by atoms with Crippen LogP contribution in [0.2, 0.25) is 0 Å². The van der Waals surface area contributed by atoms with Crippen molar-refractivity contribution in [3.05, 3.63) is 107 Å². The molecule has 2 amide bonds. The van der Waals surface area contributed by atoms with Gasteiger partial charge in [0.15, 0.2) is 0 Å². The molecule has 3 N–H and O–H groups in total. The van der Waals surface area contributed by atoms with E-state index in [1.807, 2.05) is 74.5 Å². The molecule has 0 saturated carbocycles. The van der Waals surface area contributed by atoms with Crippen LogP contribution in [-0.2, 0) is 9.59 Å². The summed E-state index contributed by atoms with van der Waals surface area (Å²) in [6, 6.07) is 24.9. The molecule has 3 aromatic carbocycles. The standard InChI is InChI=1S/C26H26N2O3/c1-18(21-11-5-3-6-12-21)27-25(30)24(17-20-10-9-15-23(29)16-20)26(31)28-19(2)22-13-7-4-8-14-22/h3-19,29H,1-2H3,(H,27,30)(H,28,31)/t18-,19-/m1/s1. The molecular weight excluding hydrogens is 388 g/mol. The quantitative estimate of drug-likeness (QED) is 0.302. The van der Waals surface area contributed by atoms with Gasteiger partial charge < -0.3 is 15.7 Å². The molecule has 0 unspecified atom stereocenters. The van der Waals surface area contributed by atoms with Gasteiger partial charge in [-0.2, -0.15) is 0 Å². The van der Waals surface area contributed by atoms with E-state index in [9.17, 15) is 14.7 Å². The average Bonchev–Trinajstić information content (AvgIpc) is 2.78. The van der Waals surface area contributed by atoms with Crippen LogP contribution in [0.25, 0.3) is 6.08 Å². The van der Waals surface area contributed by atoms with Crippen molar-refractivity contribution in [3.63, 3.8) is 0 Å². The van der Waals surface area contributed by atoms with Crippen LogP contribution in [0.1, 0.15) is 42.6 Å². The lowest BCUT2D eigenvalue weighted by Gasteiger charge is -2.18. The molecule has 158 valence electrons. The zero-order valence-corrected chi connectivity index (χ0v) is 17.6. The molecule has 0 radical (unpaired) electrons. The van der Waals surface area contributed by atoms with Crippen LogP contribution in [-0.4, -0.2) is 16.9 Å². The summed E-state index contributed by atoms with van der Waals surface area (Å²) in [5.41, 5.74) is 2.40. The number of hydrogen-bond donors (Lipinski definition) is 3. The highest BCUT2D eigenvalue weighted by atomic mass is 16.3. The van der Waals surface area contributed by atoms with E-state index in [4.69, 9.17) is 0 Å². The van der Waals surface area contributed by atoms with E-state index in [1.165, 1.54) is 18.2 Å². The summed E-state index contributed by atoms with van der Waals surface area (Å²) >= 11 is 0. The number of phenolic OH excluding ortho intramolecular Hbond substituents is 1. The van der Waals surface area contributed by atoms with Gasteiger partial charge >= 0.3 is 0 Å². The SMILES string of the molecule is C[C@@H](NC(=O)C(=Cc1cccc(O)c1)C(=O)N[C@H](C)c1ccccc1)c1ccccc1. The van der Waals surface area contributed by atoms with Gasteiger partial charge in [0.25, 0.3) is 11.8 Å². The Morgan fingerprint density at radius 2 is 1.23 bits per heavy atom. The minimum atomic E-state index is -0.488. The number of aromatic hydroxyl groups is 1. The van der Waals surface area contributed by atoms with Gasteiger partial charge in [-0.3, -0.25) is 9.59 Å². The molecule has 3 rings (SSSR count). The van der Waals surface area contributed by atoms with Gasteiger partial charge in [0.05, 0.1) is 12.1 Å². The molecule has 0 bridgehead atoms. The van der Waals surface area contributed by atoms with E-state index in [0.29, 0.717) is 5.56 Å². The van der Waals surface area contributed by atoms with Gasteiger partial charge in [-0.05, 0) is 48.7 Å². The van der Waals surface area contributed by atoms with Crippen LogP contribution in [0.3, 0.4) is 0 Å². The molecule has 0 aliphatic heterocycles. The number of hydrogen-bond acceptors (Lipinski definition) is 3. The van der Waals surface area contributed by atoms with Gasteiger partial charge in [-0.1, -0.05) is 72.8 Å². The summed E-state index contributed by atoms with van der Waals surface area (Å²) in [6.45, 7) is 3.73.